The number of fused-ring (bicyclic) bond motifs is 1. The van der Waals surface area contributed by atoms with Crippen molar-refractivity contribution < 1.29 is 9.90 Å². The molecule has 1 aromatic heterocycles. The molecule has 2 N–H and O–H groups in total. The minimum atomic E-state index is 0.133. The Morgan fingerprint density at radius 2 is 2.10 bits per heavy atom. The molecule has 0 aliphatic rings. The summed E-state index contributed by atoms with van der Waals surface area (Å²) in [7, 11) is 0. The molecule has 1 amide bonds. The normalized spacial score (nSPS) is 10.7. The molecule has 100 valence electrons. The summed E-state index contributed by atoms with van der Waals surface area (Å²) in [5.74, 6) is 0.554. The third-order valence-electron chi connectivity index (χ3n) is 2.91. The minimum absolute atomic E-state index is 0.133. The number of hydrogen-bond acceptors (Lipinski definition) is 3. The van der Waals surface area contributed by atoms with E-state index in [0.717, 1.165) is 14.8 Å². The lowest BCUT2D eigenvalue weighted by atomic mass is 10.2. The van der Waals surface area contributed by atoms with E-state index in [-0.39, 0.29) is 5.75 Å². The largest absolute Gasteiger partial charge is 0.508 e. The summed E-state index contributed by atoms with van der Waals surface area (Å²) in [6.45, 7) is 0. The molecule has 0 unspecified atom stereocenters. The fourth-order valence-electron chi connectivity index (χ4n) is 2.07. The van der Waals surface area contributed by atoms with E-state index in [1.165, 1.54) is 0 Å². The van der Waals surface area contributed by atoms with Gasteiger partial charge in [0.15, 0.2) is 5.82 Å². The van der Waals surface area contributed by atoms with Crippen molar-refractivity contribution in [1.29, 1.82) is 0 Å². The molecule has 3 aromatic rings. The Labute approximate surface area is 128 Å². The smallest absolute Gasteiger partial charge is 0.212 e. The summed E-state index contributed by atoms with van der Waals surface area (Å²) < 4.78 is 2.83. The fourth-order valence-corrected chi connectivity index (χ4v) is 2.60. The van der Waals surface area contributed by atoms with Gasteiger partial charge in [0, 0.05) is 8.96 Å². The van der Waals surface area contributed by atoms with Crippen LogP contribution < -0.4 is 5.32 Å². The summed E-state index contributed by atoms with van der Waals surface area (Å²) >= 11 is 2.23. The Morgan fingerprint density at radius 1 is 1.25 bits per heavy atom. The van der Waals surface area contributed by atoms with E-state index in [4.69, 9.17) is 0 Å². The van der Waals surface area contributed by atoms with Crippen LogP contribution in [0.1, 0.15) is 0 Å². The Hall–Kier alpha value is -2.09. The second-order valence-electron chi connectivity index (χ2n) is 4.20. The monoisotopic (exact) mass is 379 g/mol. The van der Waals surface area contributed by atoms with Crippen LogP contribution in [0.15, 0.2) is 42.5 Å². The number of hydrogen-bond donors (Lipinski definition) is 2. The SMILES string of the molecule is O=CNc1nn(-c2cccc(I)c2)c2ccc(O)cc12. The number of rotatable bonds is 3. The molecule has 2 aromatic carbocycles. The van der Waals surface area contributed by atoms with Crippen LogP contribution in [-0.2, 0) is 4.79 Å². The van der Waals surface area contributed by atoms with Crippen LogP contribution in [0, 0.1) is 3.57 Å². The number of halogens is 1. The number of carbonyl (C=O) groups excluding carboxylic acids is 1. The molecule has 0 saturated heterocycles. The average Bonchev–Trinajstić information content (AvgIpc) is 2.78. The highest BCUT2D eigenvalue weighted by atomic mass is 127. The van der Waals surface area contributed by atoms with E-state index < -0.39 is 0 Å². The van der Waals surface area contributed by atoms with Crippen molar-refractivity contribution in [1.82, 2.24) is 9.78 Å². The highest BCUT2D eigenvalue weighted by molar-refractivity contribution is 14.1. The standard InChI is InChI=1S/C14H10IN3O2/c15-9-2-1-3-10(6-9)18-13-5-4-11(20)7-12(13)14(17-18)16-8-19/h1-8,20H,(H,16,17,19). The molecule has 0 atom stereocenters. The molecule has 0 saturated carbocycles. The highest BCUT2D eigenvalue weighted by Gasteiger charge is 2.12. The number of aromatic nitrogens is 2. The van der Waals surface area contributed by atoms with Gasteiger partial charge in [-0.3, -0.25) is 4.79 Å². The van der Waals surface area contributed by atoms with Crippen LogP contribution in [0.2, 0.25) is 0 Å². The molecule has 0 aliphatic carbocycles. The Bertz CT molecular complexity index is 798. The maximum absolute atomic E-state index is 10.7. The van der Waals surface area contributed by atoms with Crippen LogP contribution >= 0.6 is 22.6 Å². The average molecular weight is 379 g/mol. The molecule has 20 heavy (non-hydrogen) atoms. The second kappa shape index (κ2) is 5.12. The number of phenolic OH excluding ortho intramolecular Hbond substituents is 1. The van der Waals surface area contributed by atoms with Crippen LogP contribution in [-0.4, -0.2) is 21.3 Å². The molecule has 5 nitrogen and oxygen atoms in total. The quantitative estimate of drug-likeness (QED) is 0.543. The first kappa shape index (κ1) is 12.9. The van der Waals surface area contributed by atoms with Crippen molar-refractivity contribution >= 4 is 45.7 Å². The van der Waals surface area contributed by atoms with E-state index in [1.807, 2.05) is 24.3 Å². The predicted molar refractivity (Wildman–Crippen MR) is 85.1 cm³/mol. The first-order valence-electron chi connectivity index (χ1n) is 5.87. The first-order valence-corrected chi connectivity index (χ1v) is 6.95. The van der Waals surface area contributed by atoms with Crippen molar-refractivity contribution in [3.8, 4) is 11.4 Å². The zero-order valence-electron chi connectivity index (χ0n) is 10.2. The van der Waals surface area contributed by atoms with Gasteiger partial charge < -0.3 is 10.4 Å². The van der Waals surface area contributed by atoms with Gasteiger partial charge >= 0.3 is 0 Å². The Kier molecular flexibility index (Phi) is 3.31. The third-order valence-corrected chi connectivity index (χ3v) is 3.58. The van der Waals surface area contributed by atoms with E-state index in [9.17, 15) is 9.90 Å². The van der Waals surface area contributed by atoms with Crippen molar-refractivity contribution in [3.05, 3.63) is 46.0 Å². The highest BCUT2D eigenvalue weighted by Crippen LogP contribution is 2.28. The van der Waals surface area contributed by atoms with Gasteiger partial charge in [-0.05, 0) is 59.0 Å². The van der Waals surface area contributed by atoms with Crippen LogP contribution in [0.5, 0.6) is 5.75 Å². The molecular weight excluding hydrogens is 369 g/mol. The van der Waals surface area contributed by atoms with Gasteiger partial charge in [0.1, 0.15) is 5.75 Å². The van der Waals surface area contributed by atoms with Gasteiger partial charge in [-0.2, -0.15) is 0 Å². The summed E-state index contributed by atoms with van der Waals surface area (Å²) in [6.07, 6.45) is 0.574. The topological polar surface area (TPSA) is 67.2 Å². The van der Waals surface area contributed by atoms with Crippen molar-refractivity contribution in [3.63, 3.8) is 0 Å². The zero-order chi connectivity index (χ0) is 14.1. The molecule has 6 heteroatoms. The van der Waals surface area contributed by atoms with Crippen molar-refractivity contribution in [2.45, 2.75) is 0 Å². The maximum atomic E-state index is 10.7. The number of aromatic hydroxyl groups is 1. The summed E-state index contributed by atoms with van der Waals surface area (Å²) in [4.78, 5) is 10.7. The number of carbonyl (C=O) groups is 1. The van der Waals surface area contributed by atoms with E-state index in [0.29, 0.717) is 17.6 Å². The van der Waals surface area contributed by atoms with Crippen LogP contribution in [0.4, 0.5) is 5.82 Å². The van der Waals surface area contributed by atoms with E-state index in [1.54, 1.807) is 22.9 Å². The molecule has 0 aliphatic heterocycles. The molecule has 0 fully saturated rings. The number of nitrogens with zero attached hydrogens (tertiary/aromatic N) is 2. The van der Waals surface area contributed by atoms with Gasteiger partial charge in [0.2, 0.25) is 6.41 Å². The number of nitrogens with one attached hydrogen (secondary N) is 1. The predicted octanol–water partition coefficient (Wildman–Crippen LogP) is 2.90. The van der Waals surface area contributed by atoms with Crippen LogP contribution in [0.25, 0.3) is 16.6 Å². The number of phenols is 1. The summed E-state index contributed by atoms with van der Waals surface area (Å²) in [6, 6.07) is 12.8. The van der Waals surface area contributed by atoms with Gasteiger partial charge in [-0.25, -0.2) is 4.68 Å². The molecule has 0 spiro atoms. The Balaban J connectivity index is 2.28. The van der Waals surface area contributed by atoms with Gasteiger partial charge in [0.25, 0.3) is 0 Å². The lowest BCUT2D eigenvalue weighted by molar-refractivity contribution is -0.105. The number of anilines is 1. The number of benzene rings is 2. The summed E-state index contributed by atoms with van der Waals surface area (Å²) in [5, 5.41) is 17.2. The molecule has 1 heterocycles. The maximum Gasteiger partial charge on any atom is 0.212 e. The zero-order valence-corrected chi connectivity index (χ0v) is 12.4. The molecular formula is C14H10IN3O2. The molecule has 3 rings (SSSR count). The van der Waals surface area contributed by atoms with Crippen molar-refractivity contribution in [2.24, 2.45) is 0 Å². The third kappa shape index (κ3) is 2.22. The van der Waals surface area contributed by atoms with Crippen LogP contribution in [0.3, 0.4) is 0 Å². The number of amides is 1. The second-order valence-corrected chi connectivity index (χ2v) is 5.45. The fraction of sp³-hybridized carbons (Fsp3) is 0. The molecule has 0 radical (unpaired) electrons. The summed E-state index contributed by atoms with van der Waals surface area (Å²) in [5.41, 5.74) is 1.71. The van der Waals surface area contributed by atoms with E-state index >= 15 is 0 Å². The van der Waals surface area contributed by atoms with Gasteiger partial charge in [0.05, 0.1) is 11.2 Å². The lowest BCUT2D eigenvalue weighted by Crippen LogP contribution is -1.99. The van der Waals surface area contributed by atoms with Gasteiger partial charge in [-0.1, -0.05) is 6.07 Å². The van der Waals surface area contributed by atoms with Crippen molar-refractivity contribution in [2.75, 3.05) is 5.32 Å². The van der Waals surface area contributed by atoms with Gasteiger partial charge in [-0.15, -0.1) is 5.10 Å². The van der Waals surface area contributed by atoms with E-state index in [2.05, 4.69) is 33.0 Å². The first-order chi connectivity index (χ1) is 9.69. The Morgan fingerprint density at radius 3 is 2.85 bits per heavy atom. The molecule has 0 bridgehead atoms. The minimum Gasteiger partial charge on any atom is -0.508 e. The lowest BCUT2D eigenvalue weighted by Gasteiger charge is -2.03.